The third kappa shape index (κ3) is 3.44. The van der Waals surface area contributed by atoms with Crippen LogP contribution in [0.3, 0.4) is 0 Å². The fourth-order valence-electron chi connectivity index (χ4n) is 2.02. The zero-order valence-electron chi connectivity index (χ0n) is 12.6. The van der Waals surface area contributed by atoms with E-state index in [0.29, 0.717) is 22.1 Å². The van der Waals surface area contributed by atoms with E-state index in [0.717, 1.165) is 9.36 Å². The molecule has 0 atom stereocenters. The molecule has 0 radical (unpaired) electrons. The van der Waals surface area contributed by atoms with Crippen LogP contribution in [0.15, 0.2) is 53.3 Å². The van der Waals surface area contributed by atoms with Gasteiger partial charge < -0.3 is 10.6 Å². The molecule has 9 heteroatoms. The first-order valence-corrected chi connectivity index (χ1v) is 7.34. The van der Waals surface area contributed by atoms with Gasteiger partial charge in [0.25, 0.3) is 0 Å². The van der Waals surface area contributed by atoms with Crippen molar-refractivity contribution in [2.24, 2.45) is 7.05 Å². The van der Waals surface area contributed by atoms with E-state index in [2.05, 4.69) is 21.1 Å². The number of hydrogen-bond donors (Lipinski definition) is 2. The molecule has 0 unspecified atom stereocenters. The maximum atomic E-state index is 12.0. The van der Waals surface area contributed by atoms with Crippen LogP contribution in [0.5, 0.6) is 0 Å². The Kier molecular flexibility index (Phi) is 4.30. The highest BCUT2D eigenvalue weighted by atomic mass is 35.5. The van der Waals surface area contributed by atoms with E-state index in [9.17, 15) is 9.59 Å². The fraction of sp³-hybridized carbons (Fsp3) is 0.0667. The first kappa shape index (κ1) is 15.8. The lowest BCUT2D eigenvalue weighted by Gasteiger charge is -2.08. The Labute approximate surface area is 141 Å². The maximum Gasteiger partial charge on any atom is 0.368 e. The summed E-state index contributed by atoms with van der Waals surface area (Å²) >= 11 is 5.87. The Balaban J connectivity index is 1.69. The topological polar surface area (TPSA) is 93.8 Å². The molecule has 8 nitrogen and oxygen atoms in total. The van der Waals surface area contributed by atoms with Crippen molar-refractivity contribution in [2.45, 2.75) is 0 Å². The third-order valence-electron chi connectivity index (χ3n) is 3.17. The van der Waals surface area contributed by atoms with E-state index in [1.165, 1.54) is 7.05 Å². The predicted molar refractivity (Wildman–Crippen MR) is 90.7 cm³/mol. The van der Waals surface area contributed by atoms with Gasteiger partial charge in [0.1, 0.15) is 0 Å². The SMILES string of the molecule is Cn1nnn(-c2ccc(NC(=O)Nc3cccc(Cl)c3)cc2)c1=O. The zero-order valence-corrected chi connectivity index (χ0v) is 13.4. The number of hydrogen-bond acceptors (Lipinski definition) is 4. The lowest BCUT2D eigenvalue weighted by molar-refractivity contribution is 0.262. The molecular formula is C15H13ClN6O2. The van der Waals surface area contributed by atoms with Gasteiger partial charge in [-0.2, -0.15) is 9.36 Å². The van der Waals surface area contributed by atoms with Crippen molar-refractivity contribution >= 4 is 29.0 Å². The first-order valence-electron chi connectivity index (χ1n) is 6.96. The van der Waals surface area contributed by atoms with Gasteiger partial charge in [-0.25, -0.2) is 9.59 Å². The van der Waals surface area contributed by atoms with Crippen molar-refractivity contribution < 1.29 is 4.79 Å². The van der Waals surface area contributed by atoms with Gasteiger partial charge in [0, 0.05) is 23.4 Å². The molecule has 2 N–H and O–H groups in total. The normalized spacial score (nSPS) is 10.4. The molecule has 3 aromatic rings. The molecule has 0 aliphatic rings. The van der Waals surface area contributed by atoms with E-state index in [1.807, 2.05) is 0 Å². The molecule has 0 fully saturated rings. The van der Waals surface area contributed by atoms with Crippen LogP contribution in [0.4, 0.5) is 16.2 Å². The molecule has 1 heterocycles. The van der Waals surface area contributed by atoms with E-state index in [4.69, 9.17) is 11.6 Å². The molecule has 0 spiro atoms. The summed E-state index contributed by atoms with van der Waals surface area (Å²) in [6.07, 6.45) is 0. The van der Waals surface area contributed by atoms with Crippen LogP contribution in [-0.4, -0.2) is 25.8 Å². The van der Waals surface area contributed by atoms with Crippen molar-refractivity contribution in [1.82, 2.24) is 19.8 Å². The highest BCUT2D eigenvalue weighted by Crippen LogP contribution is 2.16. The monoisotopic (exact) mass is 344 g/mol. The number of nitrogens with zero attached hydrogens (tertiary/aromatic N) is 4. The van der Waals surface area contributed by atoms with Gasteiger partial charge in [-0.3, -0.25) is 0 Å². The van der Waals surface area contributed by atoms with Crippen LogP contribution in [0.2, 0.25) is 5.02 Å². The number of benzene rings is 2. The number of halogens is 1. The average molecular weight is 345 g/mol. The molecule has 0 saturated carbocycles. The molecule has 1 aromatic heterocycles. The lowest BCUT2D eigenvalue weighted by Crippen LogP contribution is -2.22. The van der Waals surface area contributed by atoms with Crippen LogP contribution in [0.25, 0.3) is 5.69 Å². The largest absolute Gasteiger partial charge is 0.368 e. The summed E-state index contributed by atoms with van der Waals surface area (Å²) in [4.78, 5) is 23.7. The number of nitrogens with one attached hydrogen (secondary N) is 2. The van der Waals surface area contributed by atoms with Crippen LogP contribution in [0.1, 0.15) is 0 Å². The molecular weight excluding hydrogens is 332 g/mol. The molecule has 122 valence electrons. The number of amides is 2. The number of tetrazole rings is 1. The highest BCUT2D eigenvalue weighted by Gasteiger charge is 2.07. The van der Waals surface area contributed by atoms with Crippen LogP contribution >= 0.6 is 11.6 Å². The number of urea groups is 1. The van der Waals surface area contributed by atoms with Gasteiger partial charge in [-0.1, -0.05) is 17.7 Å². The minimum atomic E-state index is -0.401. The fourth-order valence-corrected chi connectivity index (χ4v) is 2.21. The van der Waals surface area contributed by atoms with Gasteiger partial charge in [0.15, 0.2) is 0 Å². The van der Waals surface area contributed by atoms with Crippen molar-refractivity contribution in [3.8, 4) is 5.69 Å². The van der Waals surface area contributed by atoms with Crippen molar-refractivity contribution in [1.29, 1.82) is 0 Å². The summed E-state index contributed by atoms with van der Waals surface area (Å²) in [7, 11) is 1.52. The molecule has 0 saturated heterocycles. The summed E-state index contributed by atoms with van der Waals surface area (Å²) < 4.78 is 2.29. The van der Waals surface area contributed by atoms with E-state index < -0.39 is 6.03 Å². The Morgan fingerprint density at radius 3 is 2.38 bits per heavy atom. The Morgan fingerprint density at radius 1 is 1.04 bits per heavy atom. The number of aromatic nitrogens is 4. The van der Waals surface area contributed by atoms with E-state index >= 15 is 0 Å². The van der Waals surface area contributed by atoms with Crippen molar-refractivity contribution in [3.05, 3.63) is 64.0 Å². The van der Waals surface area contributed by atoms with Crippen LogP contribution in [0, 0.1) is 0 Å². The smallest absolute Gasteiger partial charge is 0.308 e. The predicted octanol–water partition coefficient (Wildman–Crippen LogP) is 2.26. The summed E-state index contributed by atoms with van der Waals surface area (Å²) in [5.41, 5.74) is 1.35. The average Bonchev–Trinajstić information content (AvgIpc) is 2.88. The Morgan fingerprint density at radius 2 is 1.75 bits per heavy atom. The first-order chi connectivity index (χ1) is 11.5. The number of aryl methyl sites for hydroxylation is 1. The van der Waals surface area contributed by atoms with Crippen LogP contribution in [-0.2, 0) is 7.05 Å². The molecule has 24 heavy (non-hydrogen) atoms. The summed E-state index contributed by atoms with van der Waals surface area (Å²) in [6, 6.07) is 13.1. The second-order valence-electron chi connectivity index (χ2n) is 4.93. The number of carbonyl (C=O) groups excluding carboxylic acids is 1. The molecule has 2 amide bonds. The van der Waals surface area contributed by atoms with Gasteiger partial charge in [-0.05, 0) is 52.9 Å². The summed E-state index contributed by atoms with van der Waals surface area (Å²) in [6.45, 7) is 0. The number of carbonyl (C=O) groups is 1. The quantitative estimate of drug-likeness (QED) is 0.762. The molecule has 0 aliphatic heterocycles. The molecule has 3 rings (SSSR count). The molecule has 0 bridgehead atoms. The van der Waals surface area contributed by atoms with Crippen molar-refractivity contribution in [2.75, 3.05) is 10.6 Å². The number of anilines is 2. The van der Waals surface area contributed by atoms with Gasteiger partial charge >= 0.3 is 11.7 Å². The maximum absolute atomic E-state index is 12.0. The minimum Gasteiger partial charge on any atom is -0.308 e. The van der Waals surface area contributed by atoms with Crippen LogP contribution < -0.4 is 16.3 Å². The van der Waals surface area contributed by atoms with Gasteiger partial charge in [-0.15, -0.1) is 0 Å². The van der Waals surface area contributed by atoms with Gasteiger partial charge in [0.2, 0.25) is 0 Å². The number of rotatable bonds is 3. The second-order valence-corrected chi connectivity index (χ2v) is 5.37. The second kappa shape index (κ2) is 6.55. The standard InChI is InChI=1S/C15H13ClN6O2/c1-21-15(24)22(20-19-21)13-7-5-11(6-8-13)17-14(23)18-12-4-2-3-10(16)9-12/h2-9H,1H3,(H2,17,18,23). The highest BCUT2D eigenvalue weighted by molar-refractivity contribution is 6.30. The molecule has 0 aliphatic carbocycles. The lowest BCUT2D eigenvalue weighted by atomic mass is 10.3. The van der Waals surface area contributed by atoms with Gasteiger partial charge in [0.05, 0.1) is 5.69 Å². The zero-order chi connectivity index (χ0) is 17.1. The summed E-state index contributed by atoms with van der Waals surface area (Å²) in [5, 5.41) is 13.3. The summed E-state index contributed by atoms with van der Waals surface area (Å²) in [5.74, 6) is 0. The van der Waals surface area contributed by atoms with Crippen molar-refractivity contribution in [3.63, 3.8) is 0 Å². The van der Waals surface area contributed by atoms with E-state index in [-0.39, 0.29) is 5.69 Å². The Hall–Kier alpha value is -3.13. The molecule has 2 aromatic carbocycles. The third-order valence-corrected chi connectivity index (χ3v) is 3.41. The minimum absolute atomic E-state index is 0.352. The van der Waals surface area contributed by atoms with E-state index in [1.54, 1.807) is 48.5 Å². The Bertz CT molecular complexity index is 932.